The number of aliphatic hydroxyl groups is 1. The van der Waals surface area contributed by atoms with E-state index >= 15 is 0 Å². The average molecular weight is 543 g/mol. The fraction of sp³-hybridized carbons (Fsp3) is 0.462. The van der Waals surface area contributed by atoms with Crippen molar-refractivity contribution in [3.63, 3.8) is 0 Å². The molecule has 0 unspecified atom stereocenters. The van der Waals surface area contributed by atoms with Crippen LogP contribution in [0.15, 0.2) is 30.6 Å². The van der Waals surface area contributed by atoms with Gasteiger partial charge in [0.2, 0.25) is 0 Å². The third-order valence-electron chi connectivity index (χ3n) is 6.50. The first-order valence-corrected chi connectivity index (χ1v) is 16.4. The van der Waals surface area contributed by atoms with Crippen molar-refractivity contribution in [3.05, 3.63) is 41.2 Å². The van der Waals surface area contributed by atoms with Gasteiger partial charge in [-0.25, -0.2) is 9.97 Å². The second-order valence-electron chi connectivity index (χ2n) is 11.3. The molecule has 0 saturated heterocycles. The van der Waals surface area contributed by atoms with Crippen LogP contribution in [-0.2, 0) is 18.5 Å². The normalized spacial score (nSPS) is 13.4. The van der Waals surface area contributed by atoms with Gasteiger partial charge in [0.1, 0.15) is 23.6 Å². The van der Waals surface area contributed by atoms with Crippen LogP contribution in [-0.4, -0.2) is 61.7 Å². The lowest BCUT2D eigenvalue weighted by atomic mass is 10.0. The minimum absolute atomic E-state index is 0.258. The van der Waals surface area contributed by atoms with Crippen LogP contribution in [0.25, 0.3) is 33.5 Å². The minimum Gasteiger partial charge on any atom is -0.388 e. The summed E-state index contributed by atoms with van der Waals surface area (Å²) >= 11 is 6.19. The first kappa shape index (κ1) is 27.2. The predicted octanol–water partition coefficient (Wildman–Crippen LogP) is 4.84. The predicted molar refractivity (Wildman–Crippen MR) is 150 cm³/mol. The van der Waals surface area contributed by atoms with E-state index < -0.39 is 19.7 Å². The molecule has 4 aromatic rings. The van der Waals surface area contributed by atoms with Crippen molar-refractivity contribution >= 4 is 47.6 Å². The molecule has 4 rings (SSSR count). The van der Waals surface area contributed by atoms with Gasteiger partial charge in [0.05, 0.1) is 28.9 Å². The highest BCUT2D eigenvalue weighted by Gasteiger charge is 2.27. The Labute approximate surface area is 222 Å². The molecule has 3 heterocycles. The molecule has 0 fully saturated rings. The molecular formula is C26H35ClN6O3Si. The van der Waals surface area contributed by atoms with Gasteiger partial charge in [-0.05, 0) is 45.0 Å². The van der Waals surface area contributed by atoms with Crippen LogP contribution in [0.2, 0.25) is 30.7 Å². The number of ether oxygens (including phenoxy) is 1. The van der Waals surface area contributed by atoms with E-state index in [1.807, 2.05) is 25.2 Å². The molecule has 11 heteroatoms. The van der Waals surface area contributed by atoms with Crippen LogP contribution in [0, 0.1) is 0 Å². The molecule has 1 amide bonds. The van der Waals surface area contributed by atoms with E-state index in [9.17, 15) is 9.90 Å². The van der Waals surface area contributed by atoms with E-state index in [0.717, 1.165) is 16.9 Å². The lowest BCUT2D eigenvalue weighted by Gasteiger charge is -2.26. The Hall–Kier alpha value is -2.79. The van der Waals surface area contributed by atoms with E-state index in [-0.39, 0.29) is 12.6 Å². The number of hydrogen-bond donors (Lipinski definition) is 2. The summed E-state index contributed by atoms with van der Waals surface area (Å²) in [6.07, 6.45) is 3.38. The molecule has 0 aliphatic carbocycles. The summed E-state index contributed by atoms with van der Waals surface area (Å²) in [4.78, 5) is 22.8. The molecule has 9 nitrogen and oxygen atoms in total. The molecule has 0 bridgehead atoms. The van der Waals surface area contributed by atoms with Crippen molar-refractivity contribution in [1.29, 1.82) is 0 Å². The Morgan fingerprint density at radius 3 is 2.70 bits per heavy atom. The van der Waals surface area contributed by atoms with Crippen molar-refractivity contribution in [2.45, 2.75) is 64.8 Å². The molecule has 37 heavy (non-hydrogen) atoms. The van der Waals surface area contributed by atoms with E-state index in [1.54, 1.807) is 42.4 Å². The molecule has 198 valence electrons. The maximum Gasteiger partial charge on any atom is 0.255 e. The number of hydrogen-bond acceptors (Lipinski definition) is 6. The SMILES string of the molecule is C[C@@H](NC(=O)c1cn(COCC[Si](C)(C)C)c2ncc(-c3nn(C)c4cc(Cl)ccc34)nc12)C(C)(C)O. The second-order valence-corrected chi connectivity index (χ2v) is 17.3. The standard InChI is InChI=1S/C26H35ClN6O3Si/c1-16(26(2,3)35)29-25(34)19-14-33(15-36-10-11-37(5,6)7)24-23(19)30-20(13-28-24)22-18-9-8-17(27)12-21(18)32(4)31-22/h8-9,12-14,16,35H,10-11,15H2,1-7H3,(H,29,34)/t16-/m1/s1. The summed E-state index contributed by atoms with van der Waals surface area (Å²) in [7, 11) is 0.612. The highest BCUT2D eigenvalue weighted by molar-refractivity contribution is 6.76. The monoisotopic (exact) mass is 542 g/mol. The number of aromatic nitrogens is 5. The summed E-state index contributed by atoms with van der Waals surface area (Å²) in [5.74, 6) is -0.343. The van der Waals surface area contributed by atoms with Gasteiger partial charge in [-0.1, -0.05) is 31.2 Å². The third-order valence-corrected chi connectivity index (χ3v) is 8.44. The van der Waals surface area contributed by atoms with Crippen molar-refractivity contribution in [2.75, 3.05) is 6.61 Å². The second kappa shape index (κ2) is 10.2. The number of amides is 1. The highest BCUT2D eigenvalue weighted by Crippen LogP contribution is 2.30. The molecule has 0 aliphatic rings. The number of halogens is 1. The van der Waals surface area contributed by atoms with Crippen molar-refractivity contribution in [1.82, 2.24) is 29.6 Å². The smallest absolute Gasteiger partial charge is 0.255 e. The largest absolute Gasteiger partial charge is 0.388 e. The number of nitrogens with one attached hydrogen (secondary N) is 1. The fourth-order valence-corrected chi connectivity index (χ4v) is 4.77. The van der Waals surface area contributed by atoms with Gasteiger partial charge in [0.15, 0.2) is 5.65 Å². The summed E-state index contributed by atoms with van der Waals surface area (Å²) in [6, 6.07) is 6.13. The minimum atomic E-state index is -1.23. The molecule has 0 spiro atoms. The van der Waals surface area contributed by atoms with Crippen LogP contribution in [0.4, 0.5) is 0 Å². The van der Waals surface area contributed by atoms with Crippen LogP contribution in [0.5, 0.6) is 0 Å². The van der Waals surface area contributed by atoms with Crippen LogP contribution in [0.3, 0.4) is 0 Å². The summed E-state index contributed by atoms with van der Waals surface area (Å²) < 4.78 is 9.50. The Morgan fingerprint density at radius 1 is 1.30 bits per heavy atom. The third kappa shape index (κ3) is 6.03. The molecule has 2 N–H and O–H groups in total. The zero-order valence-corrected chi connectivity index (χ0v) is 24.2. The number of nitrogens with zero attached hydrogens (tertiary/aromatic N) is 5. The Kier molecular flexibility index (Phi) is 7.49. The molecular weight excluding hydrogens is 508 g/mol. The maximum atomic E-state index is 13.3. The van der Waals surface area contributed by atoms with Gasteiger partial charge in [-0.15, -0.1) is 0 Å². The van der Waals surface area contributed by atoms with Gasteiger partial charge < -0.3 is 19.7 Å². The first-order chi connectivity index (χ1) is 17.2. The maximum absolute atomic E-state index is 13.3. The average Bonchev–Trinajstić information content (AvgIpc) is 3.32. The number of benzene rings is 1. The molecule has 3 aromatic heterocycles. The van der Waals surface area contributed by atoms with Crippen molar-refractivity contribution < 1.29 is 14.6 Å². The molecule has 1 aromatic carbocycles. The van der Waals surface area contributed by atoms with E-state index in [0.29, 0.717) is 39.7 Å². The van der Waals surface area contributed by atoms with Crippen LogP contribution in [0.1, 0.15) is 31.1 Å². The number of carbonyl (C=O) groups excluding carboxylic acids is 1. The quantitative estimate of drug-likeness (QED) is 0.231. The Balaban J connectivity index is 1.75. The van der Waals surface area contributed by atoms with Crippen molar-refractivity contribution in [2.24, 2.45) is 7.05 Å². The summed E-state index contributed by atoms with van der Waals surface area (Å²) in [6.45, 7) is 12.9. The van der Waals surface area contributed by atoms with Crippen molar-refractivity contribution in [3.8, 4) is 11.4 Å². The topological polar surface area (TPSA) is 107 Å². The fourth-order valence-electron chi connectivity index (χ4n) is 3.84. The lowest BCUT2D eigenvalue weighted by Crippen LogP contribution is -2.47. The van der Waals surface area contributed by atoms with Crippen LogP contribution >= 0.6 is 11.6 Å². The summed E-state index contributed by atoms with van der Waals surface area (Å²) in [5, 5.41) is 19.4. The van der Waals surface area contributed by atoms with Crippen LogP contribution < -0.4 is 5.32 Å². The van der Waals surface area contributed by atoms with E-state index in [2.05, 4.69) is 35.0 Å². The van der Waals surface area contributed by atoms with Gasteiger partial charge in [0.25, 0.3) is 5.91 Å². The van der Waals surface area contributed by atoms with E-state index in [1.165, 1.54) is 0 Å². The molecule has 0 saturated carbocycles. The number of aryl methyl sites for hydroxylation is 1. The number of fused-ring (bicyclic) bond motifs is 2. The summed E-state index contributed by atoms with van der Waals surface area (Å²) in [5.41, 5.74) is 2.33. The Morgan fingerprint density at radius 2 is 2.03 bits per heavy atom. The zero-order chi connectivity index (χ0) is 27.1. The lowest BCUT2D eigenvalue weighted by molar-refractivity contribution is 0.0409. The number of rotatable bonds is 9. The van der Waals surface area contributed by atoms with Gasteiger partial charge in [0, 0.05) is 38.3 Å². The molecule has 0 radical (unpaired) electrons. The van der Waals surface area contributed by atoms with Gasteiger partial charge >= 0.3 is 0 Å². The van der Waals surface area contributed by atoms with Gasteiger partial charge in [-0.2, -0.15) is 5.10 Å². The first-order valence-electron chi connectivity index (χ1n) is 12.3. The zero-order valence-electron chi connectivity index (χ0n) is 22.5. The highest BCUT2D eigenvalue weighted by atomic mass is 35.5. The van der Waals surface area contributed by atoms with E-state index in [4.69, 9.17) is 21.3 Å². The molecule has 1 atom stereocenters. The number of carbonyl (C=O) groups is 1. The molecule has 0 aliphatic heterocycles. The van der Waals surface area contributed by atoms with Gasteiger partial charge in [-0.3, -0.25) is 9.48 Å². The Bertz CT molecular complexity index is 1450.